The monoisotopic (exact) mass is 266 g/mol. The van der Waals surface area contributed by atoms with Crippen molar-refractivity contribution in [3.8, 4) is 0 Å². The number of esters is 1. The first-order chi connectivity index (χ1) is 5.65. The van der Waals surface area contributed by atoms with Gasteiger partial charge in [0.1, 0.15) is 0 Å². The fraction of sp³-hybridized carbons (Fsp3) is 0.889. The van der Waals surface area contributed by atoms with E-state index >= 15 is 0 Å². The van der Waals surface area contributed by atoms with Gasteiger partial charge < -0.3 is 0 Å². The van der Waals surface area contributed by atoms with Crippen LogP contribution in [0.4, 0.5) is 0 Å². The summed E-state index contributed by atoms with van der Waals surface area (Å²) in [5.74, 6) is 0.0319. The fourth-order valence-corrected chi connectivity index (χ4v) is 4.31. The van der Waals surface area contributed by atoms with Crippen LogP contribution in [0.15, 0.2) is 0 Å². The van der Waals surface area contributed by atoms with Crippen LogP contribution in [0, 0.1) is 5.41 Å². The number of rotatable bonds is 1. The molecule has 0 aromatic carbocycles. The number of carbonyl (C=O) groups excluding carboxylic acids is 1. The maximum atomic E-state index is 11.5. The van der Waals surface area contributed by atoms with Gasteiger partial charge in [-0.25, -0.2) is 0 Å². The Morgan fingerprint density at radius 2 is 1.92 bits per heavy atom. The third kappa shape index (κ3) is 1.43. The number of halogens is 1. The minimum absolute atomic E-state index is 0. The summed E-state index contributed by atoms with van der Waals surface area (Å²) < 4.78 is 4.78. The Hall–Kier alpha value is 0.318. The Morgan fingerprint density at radius 1 is 1.38 bits per heavy atom. The minimum Gasteiger partial charge on any atom is -0.147 e. The molecule has 13 heavy (non-hydrogen) atoms. The Balaban J connectivity index is 0.000000845. The van der Waals surface area contributed by atoms with E-state index in [1.54, 1.807) is 16.9 Å². The maximum absolute atomic E-state index is 11.5. The summed E-state index contributed by atoms with van der Waals surface area (Å²) in [5, 5.41) is 0. The third-order valence-corrected chi connectivity index (χ3v) is 5.76. The standard InChI is InChI=1S/C9H15AsO2.ClH/c1-12-7(11)9(10)6-8(9)4-2-3-5-8;/h2-6,10H2,1H3;1H. The van der Waals surface area contributed by atoms with Crippen LogP contribution >= 0.6 is 12.4 Å². The molecule has 0 saturated heterocycles. The van der Waals surface area contributed by atoms with Gasteiger partial charge in [0.2, 0.25) is 0 Å². The molecule has 4 heteroatoms. The molecule has 0 aromatic rings. The normalized spacial score (nSPS) is 34.0. The molecule has 1 spiro atoms. The van der Waals surface area contributed by atoms with Crippen LogP contribution in [-0.2, 0) is 9.53 Å². The Labute approximate surface area is 93.7 Å². The molecule has 76 valence electrons. The molecule has 0 amide bonds. The van der Waals surface area contributed by atoms with Gasteiger partial charge in [-0.1, -0.05) is 0 Å². The first-order valence-electron chi connectivity index (χ1n) is 4.52. The topological polar surface area (TPSA) is 26.3 Å². The maximum Gasteiger partial charge on any atom is -0.147 e. The van der Waals surface area contributed by atoms with E-state index in [0.717, 1.165) is 6.42 Å². The first-order valence-corrected chi connectivity index (χ1v) is 5.73. The second-order valence-electron chi connectivity index (χ2n) is 4.13. The SMILES string of the molecule is COC(=O)C1([AsH2])CC12CCCC2.Cl. The summed E-state index contributed by atoms with van der Waals surface area (Å²) in [5.41, 5.74) is 0.375. The zero-order valence-electron chi connectivity index (χ0n) is 7.84. The van der Waals surface area contributed by atoms with Crippen molar-refractivity contribution in [1.29, 1.82) is 0 Å². The van der Waals surface area contributed by atoms with Crippen LogP contribution in [-0.4, -0.2) is 29.9 Å². The van der Waals surface area contributed by atoms with Crippen molar-refractivity contribution in [1.82, 2.24) is 0 Å². The largest absolute Gasteiger partial charge is 0.147 e. The smallest absolute Gasteiger partial charge is 0.147 e. The Morgan fingerprint density at radius 3 is 2.38 bits per heavy atom. The average molecular weight is 267 g/mol. The molecular formula is C9H16AsClO2. The van der Waals surface area contributed by atoms with E-state index in [4.69, 9.17) is 4.74 Å². The van der Waals surface area contributed by atoms with Crippen LogP contribution < -0.4 is 0 Å². The molecule has 2 unspecified atom stereocenters. The van der Waals surface area contributed by atoms with Gasteiger partial charge in [-0.3, -0.25) is 0 Å². The van der Waals surface area contributed by atoms with Gasteiger partial charge in [0.25, 0.3) is 0 Å². The summed E-state index contributed by atoms with van der Waals surface area (Å²) >= 11 is 1.57. The summed E-state index contributed by atoms with van der Waals surface area (Å²) in [7, 11) is 1.50. The van der Waals surface area contributed by atoms with Gasteiger partial charge in [0.05, 0.1) is 0 Å². The summed E-state index contributed by atoms with van der Waals surface area (Å²) in [6, 6.07) is 0. The molecule has 0 bridgehead atoms. The van der Waals surface area contributed by atoms with Crippen molar-refractivity contribution >= 4 is 35.2 Å². The number of methoxy groups -OCH3 is 1. The molecule has 2 rings (SSSR count). The third-order valence-electron chi connectivity index (χ3n) is 3.55. The molecule has 0 heterocycles. The molecule has 0 aromatic heterocycles. The molecular weight excluding hydrogens is 250 g/mol. The van der Waals surface area contributed by atoms with Crippen LogP contribution in [0.5, 0.6) is 0 Å². The molecule has 2 saturated carbocycles. The van der Waals surface area contributed by atoms with E-state index in [1.165, 1.54) is 32.8 Å². The van der Waals surface area contributed by atoms with Crippen molar-refractivity contribution in [2.75, 3.05) is 7.11 Å². The van der Waals surface area contributed by atoms with E-state index in [9.17, 15) is 4.79 Å². The average Bonchev–Trinajstić information content (AvgIpc) is 2.50. The molecule has 0 N–H and O–H groups in total. The predicted octanol–water partition coefficient (Wildman–Crippen LogP) is 1.34. The van der Waals surface area contributed by atoms with E-state index in [-0.39, 0.29) is 22.6 Å². The van der Waals surface area contributed by atoms with E-state index in [0.29, 0.717) is 5.41 Å². The van der Waals surface area contributed by atoms with Crippen molar-refractivity contribution in [2.45, 2.75) is 36.3 Å². The minimum atomic E-state index is -0.0642. The van der Waals surface area contributed by atoms with Gasteiger partial charge in [0, 0.05) is 0 Å². The van der Waals surface area contributed by atoms with Crippen LogP contribution in [0.3, 0.4) is 0 Å². The molecule has 2 atom stereocenters. The van der Waals surface area contributed by atoms with Gasteiger partial charge >= 0.3 is 81.2 Å². The number of carbonyl (C=O) groups is 1. The molecule has 2 aliphatic rings. The van der Waals surface area contributed by atoms with E-state index in [1.807, 2.05) is 0 Å². The molecule has 2 aliphatic carbocycles. The van der Waals surface area contributed by atoms with Crippen LogP contribution in [0.1, 0.15) is 32.1 Å². The van der Waals surface area contributed by atoms with Crippen molar-refractivity contribution < 1.29 is 9.53 Å². The zero-order chi connectivity index (χ0) is 8.82. The second kappa shape index (κ2) is 3.47. The van der Waals surface area contributed by atoms with Crippen LogP contribution in [0.25, 0.3) is 0 Å². The summed E-state index contributed by atoms with van der Waals surface area (Å²) in [4.78, 5) is 11.5. The van der Waals surface area contributed by atoms with E-state index < -0.39 is 0 Å². The molecule has 0 aliphatic heterocycles. The zero-order valence-corrected chi connectivity index (χ0v) is 11.1. The number of hydrogen-bond donors (Lipinski definition) is 0. The summed E-state index contributed by atoms with van der Waals surface area (Å²) in [6.45, 7) is 0. The first kappa shape index (κ1) is 11.4. The Kier molecular flexibility index (Phi) is 3.04. The van der Waals surface area contributed by atoms with Gasteiger partial charge in [0.15, 0.2) is 0 Å². The molecule has 0 radical (unpaired) electrons. The summed E-state index contributed by atoms with van der Waals surface area (Å²) in [6.07, 6.45) is 6.21. The molecule has 2 nitrogen and oxygen atoms in total. The van der Waals surface area contributed by atoms with Gasteiger partial charge in [-0.15, -0.1) is 12.4 Å². The second-order valence-corrected chi connectivity index (χ2v) is 6.20. The fourth-order valence-electron chi connectivity index (χ4n) is 2.64. The Bertz CT molecular complexity index is 226. The van der Waals surface area contributed by atoms with Gasteiger partial charge in [-0.2, -0.15) is 0 Å². The van der Waals surface area contributed by atoms with Gasteiger partial charge in [-0.05, 0) is 0 Å². The van der Waals surface area contributed by atoms with Crippen molar-refractivity contribution in [2.24, 2.45) is 5.41 Å². The molecule has 2 fully saturated rings. The van der Waals surface area contributed by atoms with Crippen LogP contribution in [0.2, 0.25) is 4.20 Å². The predicted molar refractivity (Wildman–Crippen MR) is 56.0 cm³/mol. The van der Waals surface area contributed by atoms with Crippen molar-refractivity contribution in [3.05, 3.63) is 0 Å². The van der Waals surface area contributed by atoms with E-state index in [2.05, 4.69) is 0 Å². The number of ether oxygens (including phenoxy) is 1. The van der Waals surface area contributed by atoms with Crippen molar-refractivity contribution in [3.63, 3.8) is 0 Å². The number of hydrogen-bond acceptors (Lipinski definition) is 2. The quantitative estimate of drug-likeness (QED) is 0.529.